The molecule has 4 nitrogen and oxygen atoms in total. The zero-order chi connectivity index (χ0) is 13.8. The number of hydrogen-bond donors (Lipinski definition) is 3. The van der Waals surface area contributed by atoms with E-state index in [1.54, 1.807) is 0 Å². The fourth-order valence-corrected chi connectivity index (χ4v) is 3.38. The molecule has 1 saturated carbocycles. The SMILES string of the molecule is CC(NC(=O)NC1CCCCC1O)c1ccc(Cl)s1. The monoisotopic (exact) mass is 302 g/mol. The van der Waals surface area contributed by atoms with Gasteiger partial charge in [0.05, 0.1) is 22.5 Å². The van der Waals surface area contributed by atoms with E-state index in [0.29, 0.717) is 4.34 Å². The lowest BCUT2D eigenvalue weighted by molar-refractivity contribution is 0.0941. The summed E-state index contributed by atoms with van der Waals surface area (Å²) in [6.45, 7) is 1.92. The van der Waals surface area contributed by atoms with Crippen LogP contribution in [0.1, 0.15) is 43.5 Å². The number of carbonyl (C=O) groups excluding carboxylic acids is 1. The van der Waals surface area contributed by atoms with Crippen LogP contribution in [-0.2, 0) is 0 Å². The Labute approximate surface area is 122 Å². The van der Waals surface area contributed by atoms with E-state index in [4.69, 9.17) is 11.6 Å². The molecule has 6 heteroatoms. The minimum Gasteiger partial charge on any atom is -0.391 e. The van der Waals surface area contributed by atoms with Gasteiger partial charge in [0.15, 0.2) is 0 Å². The maximum atomic E-state index is 11.9. The number of carbonyl (C=O) groups is 1. The first-order chi connectivity index (χ1) is 9.06. The zero-order valence-electron chi connectivity index (χ0n) is 10.9. The molecular weight excluding hydrogens is 284 g/mol. The number of rotatable bonds is 3. The van der Waals surface area contributed by atoms with Gasteiger partial charge in [-0.15, -0.1) is 11.3 Å². The maximum absolute atomic E-state index is 11.9. The van der Waals surface area contributed by atoms with Crippen molar-refractivity contribution in [2.24, 2.45) is 0 Å². The van der Waals surface area contributed by atoms with Crippen LogP contribution in [0.2, 0.25) is 4.34 Å². The highest BCUT2D eigenvalue weighted by atomic mass is 35.5. The molecule has 3 unspecified atom stereocenters. The smallest absolute Gasteiger partial charge is 0.315 e. The van der Waals surface area contributed by atoms with Crippen LogP contribution >= 0.6 is 22.9 Å². The largest absolute Gasteiger partial charge is 0.391 e. The van der Waals surface area contributed by atoms with Crippen LogP contribution < -0.4 is 10.6 Å². The first-order valence-corrected chi connectivity index (χ1v) is 7.76. The Morgan fingerprint density at radius 2 is 2.21 bits per heavy atom. The van der Waals surface area contributed by atoms with E-state index in [-0.39, 0.29) is 18.1 Å². The quantitative estimate of drug-likeness (QED) is 0.803. The van der Waals surface area contributed by atoms with E-state index >= 15 is 0 Å². The molecule has 0 radical (unpaired) electrons. The molecule has 0 aromatic carbocycles. The summed E-state index contributed by atoms with van der Waals surface area (Å²) in [5, 5.41) is 15.5. The Bertz CT molecular complexity index is 438. The van der Waals surface area contributed by atoms with Crippen LogP contribution in [0, 0.1) is 0 Å². The molecule has 0 bridgehead atoms. The van der Waals surface area contributed by atoms with E-state index < -0.39 is 6.10 Å². The van der Waals surface area contributed by atoms with Gasteiger partial charge in [-0.3, -0.25) is 0 Å². The van der Waals surface area contributed by atoms with Crippen molar-refractivity contribution in [1.29, 1.82) is 0 Å². The van der Waals surface area contributed by atoms with Crippen molar-refractivity contribution >= 4 is 29.0 Å². The van der Waals surface area contributed by atoms with Crippen molar-refractivity contribution in [1.82, 2.24) is 10.6 Å². The van der Waals surface area contributed by atoms with Gasteiger partial charge in [-0.05, 0) is 31.9 Å². The van der Waals surface area contributed by atoms with E-state index in [1.807, 2.05) is 19.1 Å². The highest BCUT2D eigenvalue weighted by molar-refractivity contribution is 7.16. The number of aliphatic hydroxyl groups is 1. The fourth-order valence-electron chi connectivity index (χ4n) is 2.32. The summed E-state index contributed by atoms with van der Waals surface area (Å²) in [6.07, 6.45) is 3.27. The first-order valence-electron chi connectivity index (χ1n) is 6.56. The molecule has 3 N–H and O–H groups in total. The normalized spacial score (nSPS) is 24.8. The second-order valence-electron chi connectivity index (χ2n) is 4.94. The average Bonchev–Trinajstić information content (AvgIpc) is 2.79. The van der Waals surface area contributed by atoms with Crippen LogP contribution in [0.25, 0.3) is 0 Å². The Morgan fingerprint density at radius 1 is 1.47 bits per heavy atom. The van der Waals surface area contributed by atoms with Gasteiger partial charge in [-0.1, -0.05) is 24.4 Å². The molecule has 1 aliphatic rings. The fraction of sp³-hybridized carbons (Fsp3) is 0.615. The van der Waals surface area contributed by atoms with Gasteiger partial charge in [0.2, 0.25) is 0 Å². The number of halogens is 1. The van der Waals surface area contributed by atoms with Crippen LogP contribution in [0.5, 0.6) is 0 Å². The van der Waals surface area contributed by atoms with Crippen molar-refractivity contribution in [2.45, 2.75) is 50.8 Å². The minimum absolute atomic E-state index is 0.0850. The summed E-state index contributed by atoms with van der Waals surface area (Å²) in [5.41, 5.74) is 0. The third kappa shape index (κ3) is 4.09. The average molecular weight is 303 g/mol. The van der Waals surface area contributed by atoms with Gasteiger partial charge in [-0.2, -0.15) is 0 Å². The molecule has 1 heterocycles. The molecule has 2 rings (SSSR count). The molecule has 0 spiro atoms. The van der Waals surface area contributed by atoms with Crippen molar-refractivity contribution in [3.63, 3.8) is 0 Å². The molecule has 1 aromatic heterocycles. The van der Waals surface area contributed by atoms with Gasteiger partial charge < -0.3 is 15.7 Å². The second-order valence-corrected chi connectivity index (χ2v) is 6.69. The minimum atomic E-state index is -0.425. The zero-order valence-corrected chi connectivity index (χ0v) is 12.4. The van der Waals surface area contributed by atoms with Crippen LogP contribution in [0.4, 0.5) is 4.79 Å². The number of thiophene rings is 1. The van der Waals surface area contributed by atoms with E-state index in [1.165, 1.54) is 11.3 Å². The topological polar surface area (TPSA) is 61.4 Å². The Kier molecular flexibility index (Phi) is 5.07. The predicted octanol–water partition coefficient (Wildman–Crippen LogP) is 3.07. The number of urea groups is 1. The molecule has 0 saturated heterocycles. The summed E-state index contributed by atoms with van der Waals surface area (Å²) >= 11 is 7.33. The van der Waals surface area contributed by atoms with Gasteiger partial charge in [0, 0.05) is 4.88 Å². The molecule has 2 amide bonds. The molecule has 1 aromatic rings. The first kappa shape index (κ1) is 14.6. The van der Waals surface area contributed by atoms with E-state index in [0.717, 1.165) is 30.6 Å². The summed E-state index contributed by atoms with van der Waals surface area (Å²) in [4.78, 5) is 12.9. The van der Waals surface area contributed by atoms with Gasteiger partial charge in [0.25, 0.3) is 0 Å². The van der Waals surface area contributed by atoms with Crippen molar-refractivity contribution in [3.8, 4) is 0 Å². The molecule has 19 heavy (non-hydrogen) atoms. The van der Waals surface area contributed by atoms with Gasteiger partial charge in [-0.25, -0.2) is 4.79 Å². The molecule has 1 fully saturated rings. The van der Waals surface area contributed by atoms with Crippen molar-refractivity contribution < 1.29 is 9.90 Å². The molecular formula is C13H19ClN2O2S. The lowest BCUT2D eigenvalue weighted by atomic mass is 9.93. The Hall–Kier alpha value is -0.780. The van der Waals surface area contributed by atoms with Gasteiger partial charge >= 0.3 is 6.03 Å². The van der Waals surface area contributed by atoms with E-state index in [2.05, 4.69) is 10.6 Å². The lowest BCUT2D eigenvalue weighted by Crippen LogP contribution is -2.49. The van der Waals surface area contributed by atoms with Crippen molar-refractivity contribution in [3.05, 3.63) is 21.3 Å². The second kappa shape index (κ2) is 6.59. The predicted molar refractivity (Wildman–Crippen MR) is 77.7 cm³/mol. The van der Waals surface area contributed by atoms with Crippen LogP contribution in [-0.4, -0.2) is 23.3 Å². The lowest BCUT2D eigenvalue weighted by Gasteiger charge is -2.28. The number of amides is 2. The summed E-state index contributed by atoms with van der Waals surface area (Å²) in [7, 11) is 0. The highest BCUT2D eigenvalue weighted by Crippen LogP contribution is 2.26. The summed E-state index contributed by atoms with van der Waals surface area (Å²) in [6, 6.07) is 3.28. The Morgan fingerprint density at radius 3 is 2.84 bits per heavy atom. The Balaban J connectivity index is 1.83. The van der Waals surface area contributed by atoms with Crippen LogP contribution in [0.3, 0.4) is 0 Å². The number of aliphatic hydroxyl groups excluding tert-OH is 1. The standard InChI is InChI=1S/C13H19ClN2O2S/c1-8(11-6-7-12(14)19-11)15-13(18)16-9-4-2-3-5-10(9)17/h6-10,17H,2-5H2,1H3,(H2,15,16,18). The summed E-state index contributed by atoms with van der Waals surface area (Å²) in [5.74, 6) is 0. The van der Waals surface area contributed by atoms with Crippen molar-refractivity contribution in [2.75, 3.05) is 0 Å². The molecule has 106 valence electrons. The number of nitrogens with one attached hydrogen (secondary N) is 2. The third-order valence-electron chi connectivity index (χ3n) is 3.41. The maximum Gasteiger partial charge on any atom is 0.315 e. The van der Waals surface area contributed by atoms with E-state index in [9.17, 15) is 9.90 Å². The van der Waals surface area contributed by atoms with Gasteiger partial charge in [0.1, 0.15) is 0 Å². The highest BCUT2D eigenvalue weighted by Gasteiger charge is 2.24. The molecule has 3 atom stereocenters. The summed E-state index contributed by atoms with van der Waals surface area (Å²) < 4.78 is 0.715. The molecule has 0 aliphatic heterocycles. The van der Waals surface area contributed by atoms with Crippen LogP contribution in [0.15, 0.2) is 12.1 Å². The third-order valence-corrected chi connectivity index (χ3v) is 4.83. The number of hydrogen-bond acceptors (Lipinski definition) is 3. The molecule has 1 aliphatic carbocycles.